The van der Waals surface area contributed by atoms with Crippen LogP contribution in [-0.4, -0.2) is 52.1 Å². The number of aliphatic carboxylic acids is 1. The number of carboxylic acid groups (broad SMARTS) is 1. The van der Waals surface area contributed by atoms with E-state index < -0.39 is 18.0 Å². The van der Waals surface area contributed by atoms with Gasteiger partial charge in [-0.3, -0.25) is 4.79 Å². The molecule has 9 heteroatoms. The average Bonchev–Trinajstić information content (AvgIpc) is 2.91. The predicted molar refractivity (Wildman–Crippen MR) is 73.6 cm³/mol. The molecule has 0 bridgehead atoms. The molecule has 0 saturated heterocycles. The highest BCUT2D eigenvalue weighted by atomic mass is 16.4. The maximum absolute atomic E-state index is 11.6. The van der Waals surface area contributed by atoms with Gasteiger partial charge in [-0.05, 0) is 6.92 Å². The van der Waals surface area contributed by atoms with Gasteiger partial charge in [0.05, 0.1) is 6.33 Å². The second-order valence-electron chi connectivity index (χ2n) is 4.28. The van der Waals surface area contributed by atoms with Crippen LogP contribution in [0.25, 0.3) is 0 Å². The number of H-pyrrole nitrogens is 1. The lowest BCUT2D eigenvalue weighted by molar-refractivity contribution is -0.139. The summed E-state index contributed by atoms with van der Waals surface area (Å²) in [5.41, 5.74) is 0.602. The van der Waals surface area contributed by atoms with E-state index in [1.165, 1.54) is 12.5 Å². The molecule has 0 fully saturated rings. The van der Waals surface area contributed by atoms with Crippen molar-refractivity contribution in [1.29, 1.82) is 0 Å². The molecule has 0 aliphatic heterocycles. The van der Waals surface area contributed by atoms with Crippen molar-refractivity contribution in [2.75, 3.05) is 13.1 Å². The van der Waals surface area contributed by atoms with Gasteiger partial charge < -0.3 is 26.0 Å². The van der Waals surface area contributed by atoms with Crippen LogP contribution in [-0.2, 0) is 16.0 Å². The summed E-state index contributed by atoms with van der Waals surface area (Å²) in [5.74, 6) is -1.33. The quantitative estimate of drug-likeness (QED) is 0.429. The second kappa shape index (κ2) is 8.56. The molecule has 0 radical (unpaired) electrons. The van der Waals surface area contributed by atoms with Crippen LogP contribution in [0.4, 0.5) is 4.79 Å². The molecule has 0 spiro atoms. The first-order valence-electron chi connectivity index (χ1n) is 6.54. The van der Waals surface area contributed by atoms with Crippen molar-refractivity contribution in [1.82, 2.24) is 25.9 Å². The lowest BCUT2D eigenvalue weighted by Gasteiger charge is -2.14. The molecule has 0 aliphatic rings. The molecule has 0 aliphatic carbocycles. The molecule has 1 aromatic rings. The van der Waals surface area contributed by atoms with E-state index in [0.717, 1.165) is 0 Å². The van der Waals surface area contributed by atoms with Gasteiger partial charge in [0.15, 0.2) is 0 Å². The van der Waals surface area contributed by atoms with Crippen molar-refractivity contribution in [3.63, 3.8) is 0 Å². The van der Waals surface area contributed by atoms with Gasteiger partial charge in [-0.2, -0.15) is 0 Å². The maximum atomic E-state index is 11.6. The summed E-state index contributed by atoms with van der Waals surface area (Å²) in [7, 11) is 0. The zero-order chi connectivity index (χ0) is 15.7. The SMILES string of the molecule is CCNC(=O)CCNC(=O)NC(Cc1cnc[nH]1)C(=O)O. The first-order chi connectivity index (χ1) is 10.0. The third-order valence-corrected chi connectivity index (χ3v) is 2.59. The molecule has 0 aromatic carbocycles. The largest absolute Gasteiger partial charge is 0.480 e. The lowest BCUT2D eigenvalue weighted by atomic mass is 10.2. The van der Waals surface area contributed by atoms with Gasteiger partial charge in [0.1, 0.15) is 6.04 Å². The van der Waals surface area contributed by atoms with Crippen molar-refractivity contribution >= 4 is 17.9 Å². The van der Waals surface area contributed by atoms with Crippen LogP contribution in [0, 0.1) is 0 Å². The Kier molecular flexibility index (Phi) is 6.72. The molecule has 3 amide bonds. The highest BCUT2D eigenvalue weighted by molar-refractivity contribution is 5.83. The summed E-state index contributed by atoms with van der Waals surface area (Å²) in [6, 6.07) is -1.71. The number of amides is 3. The number of carbonyl (C=O) groups is 3. The normalized spacial score (nSPS) is 11.5. The number of imidazole rings is 1. The topological polar surface area (TPSA) is 136 Å². The summed E-state index contributed by atoms with van der Waals surface area (Å²) in [6.07, 6.45) is 3.16. The molecule has 1 atom stereocenters. The van der Waals surface area contributed by atoms with Crippen molar-refractivity contribution in [3.05, 3.63) is 18.2 Å². The second-order valence-corrected chi connectivity index (χ2v) is 4.28. The number of rotatable bonds is 8. The molecule has 1 unspecified atom stereocenters. The number of aromatic amines is 1. The van der Waals surface area contributed by atoms with E-state index in [9.17, 15) is 14.4 Å². The Labute approximate surface area is 121 Å². The number of carboxylic acids is 1. The van der Waals surface area contributed by atoms with Crippen LogP contribution in [0.15, 0.2) is 12.5 Å². The van der Waals surface area contributed by atoms with Crippen molar-refractivity contribution in [3.8, 4) is 0 Å². The zero-order valence-electron chi connectivity index (χ0n) is 11.7. The fourth-order valence-corrected chi connectivity index (χ4v) is 1.60. The number of hydrogen-bond donors (Lipinski definition) is 5. The van der Waals surface area contributed by atoms with Gasteiger partial charge in [0.2, 0.25) is 5.91 Å². The molecule has 116 valence electrons. The summed E-state index contributed by atoms with van der Waals surface area (Å²) < 4.78 is 0. The van der Waals surface area contributed by atoms with Crippen LogP contribution in [0.2, 0.25) is 0 Å². The van der Waals surface area contributed by atoms with Gasteiger partial charge in [-0.15, -0.1) is 0 Å². The Hall–Kier alpha value is -2.58. The molecule has 1 rings (SSSR count). The van der Waals surface area contributed by atoms with Gasteiger partial charge in [-0.25, -0.2) is 14.6 Å². The van der Waals surface area contributed by atoms with Crippen LogP contribution in [0.3, 0.4) is 0 Å². The molecule has 5 N–H and O–H groups in total. The molecular weight excluding hydrogens is 278 g/mol. The van der Waals surface area contributed by atoms with Gasteiger partial charge >= 0.3 is 12.0 Å². The molecular formula is C12H19N5O4. The zero-order valence-corrected chi connectivity index (χ0v) is 11.7. The van der Waals surface area contributed by atoms with Crippen LogP contribution >= 0.6 is 0 Å². The fraction of sp³-hybridized carbons (Fsp3) is 0.500. The van der Waals surface area contributed by atoms with Gasteiger partial charge in [0.25, 0.3) is 0 Å². The van der Waals surface area contributed by atoms with E-state index in [4.69, 9.17) is 5.11 Å². The Morgan fingerprint density at radius 1 is 1.38 bits per heavy atom. The number of hydrogen-bond acceptors (Lipinski definition) is 4. The Balaban J connectivity index is 2.35. The summed E-state index contributed by atoms with van der Waals surface area (Å²) in [5, 5.41) is 16.4. The number of urea groups is 1. The third kappa shape index (κ3) is 6.41. The number of nitrogens with one attached hydrogen (secondary N) is 4. The first kappa shape index (κ1) is 16.5. The molecule has 9 nitrogen and oxygen atoms in total. The van der Waals surface area contributed by atoms with Crippen molar-refractivity contribution < 1.29 is 19.5 Å². The number of aromatic nitrogens is 2. The first-order valence-corrected chi connectivity index (χ1v) is 6.54. The minimum atomic E-state index is -1.15. The minimum absolute atomic E-state index is 0.0963. The Morgan fingerprint density at radius 3 is 2.71 bits per heavy atom. The maximum Gasteiger partial charge on any atom is 0.326 e. The Morgan fingerprint density at radius 2 is 2.14 bits per heavy atom. The lowest BCUT2D eigenvalue weighted by Crippen LogP contribution is -2.47. The molecule has 1 heterocycles. The highest BCUT2D eigenvalue weighted by Gasteiger charge is 2.20. The fourth-order valence-electron chi connectivity index (χ4n) is 1.60. The summed E-state index contributed by atoms with van der Waals surface area (Å²) >= 11 is 0. The van der Waals surface area contributed by atoms with E-state index in [2.05, 4.69) is 25.9 Å². The molecule has 1 aromatic heterocycles. The van der Waals surface area contributed by atoms with Crippen molar-refractivity contribution in [2.45, 2.75) is 25.8 Å². The predicted octanol–water partition coefficient (Wildman–Crippen LogP) is -0.769. The van der Waals surface area contributed by atoms with E-state index in [0.29, 0.717) is 12.2 Å². The molecule has 0 saturated carbocycles. The van der Waals surface area contributed by atoms with Gasteiger partial charge in [-0.1, -0.05) is 0 Å². The minimum Gasteiger partial charge on any atom is -0.480 e. The third-order valence-electron chi connectivity index (χ3n) is 2.59. The summed E-state index contributed by atoms with van der Waals surface area (Å²) in [6.45, 7) is 2.45. The van der Waals surface area contributed by atoms with Gasteiger partial charge in [0, 0.05) is 37.8 Å². The van der Waals surface area contributed by atoms with E-state index in [-0.39, 0.29) is 25.3 Å². The summed E-state index contributed by atoms with van der Waals surface area (Å²) in [4.78, 5) is 40.4. The number of nitrogens with zero attached hydrogens (tertiary/aromatic N) is 1. The Bertz CT molecular complexity index is 474. The van der Waals surface area contributed by atoms with Crippen LogP contribution < -0.4 is 16.0 Å². The monoisotopic (exact) mass is 297 g/mol. The van der Waals surface area contributed by atoms with Crippen LogP contribution in [0.1, 0.15) is 19.0 Å². The highest BCUT2D eigenvalue weighted by Crippen LogP contribution is 1.98. The molecule has 21 heavy (non-hydrogen) atoms. The van der Waals surface area contributed by atoms with Crippen molar-refractivity contribution in [2.24, 2.45) is 0 Å². The van der Waals surface area contributed by atoms with E-state index in [1.54, 1.807) is 6.92 Å². The number of carbonyl (C=O) groups excluding carboxylic acids is 2. The van der Waals surface area contributed by atoms with Crippen LogP contribution in [0.5, 0.6) is 0 Å². The van der Waals surface area contributed by atoms with E-state index >= 15 is 0 Å². The standard InChI is InChI=1S/C12H19N5O4/c1-2-14-10(18)3-4-15-12(21)17-9(11(19)20)5-8-6-13-7-16-8/h6-7,9H,2-5H2,1H3,(H,13,16)(H,14,18)(H,19,20)(H2,15,17,21). The van der Waals surface area contributed by atoms with E-state index in [1.807, 2.05) is 0 Å². The smallest absolute Gasteiger partial charge is 0.326 e. The average molecular weight is 297 g/mol.